The molecule has 1 aliphatic rings. The van der Waals surface area contributed by atoms with Crippen LogP contribution in [0.25, 0.3) is 21.7 Å². The van der Waals surface area contributed by atoms with Gasteiger partial charge < -0.3 is 19.8 Å². The molecule has 1 unspecified atom stereocenters. The number of ether oxygens (including phenoxy) is 2. The fourth-order valence-electron chi connectivity index (χ4n) is 2.62. The average Bonchev–Trinajstić information content (AvgIpc) is 3.21. The van der Waals surface area contributed by atoms with Crippen molar-refractivity contribution in [2.24, 2.45) is 5.73 Å². The fraction of sp³-hybridized carbons (Fsp3) is 0.267. The second-order valence-corrected chi connectivity index (χ2v) is 6.01. The Balaban J connectivity index is 2.01. The first-order valence-electron chi connectivity index (χ1n) is 6.83. The molecule has 0 spiro atoms. The zero-order valence-electron chi connectivity index (χ0n) is 11.6. The summed E-state index contributed by atoms with van der Waals surface area (Å²) >= 11 is 1.67. The Kier molecular flexibility index (Phi) is 2.87. The minimum Gasteiger partial charge on any atom is -0.454 e. The number of fused-ring (bicyclic) bond motifs is 2. The van der Waals surface area contributed by atoms with Crippen LogP contribution in [0.15, 0.2) is 29.6 Å². The summed E-state index contributed by atoms with van der Waals surface area (Å²) in [6.07, 6.45) is 0. The van der Waals surface area contributed by atoms with Gasteiger partial charge in [0.15, 0.2) is 17.3 Å². The van der Waals surface area contributed by atoms with Crippen molar-refractivity contribution in [2.75, 3.05) is 13.3 Å². The van der Waals surface area contributed by atoms with E-state index in [-0.39, 0.29) is 12.8 Å². The Hall–Kier alpha value is -2.05. The molecule has 108 valence electrons. The van der Waals surface area contributed by atoms with Gasteiger partial charge >= 0.3 is 0 Å². The van der Waals surface area contributed by atoms with E-state index in [0.717, 1.165) is 33.2 Å². The number of nitrogens with zero attached hydrogens (tertiary/aromatic N) is 2. The van der Waals surface area contributed by atoms with Crippen LogP contribution >= 0.6 is 11.3 Å². The van der Waals surface area contributed by atoms with Crippen LogP contribution in [0.1, 0.15) is 13.0 Å². The van der Waals surface area contributed by atoms with E-state index in [4.69, 9.17) is 20.2 Å². The number of benzene rings is 1. The predicted molar refractivity (Wildman–Crippen MR) is 82.9 cm³/mol. The molecule has 0 amide bonds. The number of rotatable bonds is 3. The van der Waals surface area contributed by atoms with E-state index >= 15 is 0 Å². The number of imidazole rings is 1. The molecule has 1 aliphatic heterocycles. The minimum absolute atomic E-state index is 0.160. The Labute approximate surface area is 125 Å². The lowest BCUT2D eigenvalue weighted by molar-refractivity contribution is 0.174. The van der Waals surface area contributed by atoms with Crippen molar-refractivity contribution in [3.8, 4) is 22.2 Å². The molecule has 0 bridgehead atoms. The zero-order valence-corrected chi connectivity index (χ0v) is 12.4. The first kappa shape index (κ1) is 12.7. The SMILES string of the molecule is CC(CN)n1c(-c2cccs2)nc2cc3c(cc21)OCO3. The summed E-state index contributed by atoms with van der Waals surface area (Å²) in [6, 6.07) is 8.20. The van der Waals surface area contributed by atoms with Crippen LogP contribution in [0.3, 0.4) is 0 Å². The lowest BCUT2D eigenvalue weighted by atomic mass is 10.2. The molecule has 3 heterocycles. The highest BCUT2D eigenvalue weighted by Gasteiger charge is 2.22. The van der Waals surface area contributed by atoms with Gasteiger partial charge in [-0.05, 0) is 18.4 Å². The number of thiophene rings is 1. The van der Waals surface area contributed by atoms with E-state index in [1.807, 2.05) is 18.2 Å². The molecule has 0 fully saturated rings. The van der Waals surface area contributed by atoms with Gasteiger partial charge in [-0.1, -0.05) is 6.07 Å². The van der Waals surface area contributed by atoms with Gasteiger partial charge in [-0.2, -0.15) is 0 Å². The number of aromatic nitrogens is 2. The quantitative estimate of drug-likeness (QED) is 0.807. The Morgan fingerprint density at radius 1 is 1.38 bits per heavy atom. The van der Waals surface area contributed by atoms with Crippen LogP contribution in [0.4, 0.5) is 0 Å². The molecule has 21 heavy (non-hydrogen) atoms. The number of hydrogen-bond donors (Lipinski definition) is 1. The Bertz CT molecular complexity index is 795. The second kappa shape index (κ2) is 4.75. The van der Waals surface area contributed by atoms with Crippen LogP contribution in [0.2, 0.25) is 0 Å². The standard InChI is InChI=1S/C15H15N3O2S/c1-9(7-16)18-11-6-13-12(19-8-20-13)5-10(11)17-15(18)14-3-2-4-21-14/h2-6,9H,7-8,16H2,1H3. The zero-order chi connectivity index (χ0) is 14.4. The molecule has 0 aliphatic carbocycles. The third kappa shape index (κ3) is 1.91. The maximum Gasteiger partial charge on any atom is 0.231 e. The third-order valence-electron chi connectivity index (χ3n) is 3.71. The van der Waals surface area contributed by atoms with Gasteiger partial charge in [-0.25, -0.2) is 4.98 Å². The summed E-state index contributed by atoms with van der Waals surface area (Å²) in [5, 5.41) is 2.05. The Morgan fingerprint density at radius 2 is 2.19 bits per heavy atom. The van der Waals surface area contributed by atoms with Crippen molar-refractivity contribution >= 4 is 22.4 Å². The van der Waals surface area contributed by atoms with Gasteiger partial charge in [0.2, 0.25) is 6.79 Å². The minimum atomic E-state index is 0.160. The molecule has 6 heteroatoms. The first-order valence-corrected chi connectivity index (χ1v) is 7.71. The van der Waals surface area contributed by atoms with E-state index in [1.54, 1.807) is 11.3 Å². The van der Waals surface area contributed by atoms with Gasteiger partial charge in [0.1, 0.15) is 0 Å². The highest BCUT2D eigenvalue weighted by molar-refractivity contribution is 7.13. The topological polar surface area (TPSA) is 62.3 Å². The highest BCUT2D eigenvalue weighted by Crippen LogP contribution is 2.39. The molecule has 0 saturated heterocycles. The summed E-state index contributed by atoms with van der Waals surface area (Å²) in [4.78, 5) is 5.92. The fourth-order valence-corrected chi connectivity index (χ4v) is 3.33. The largest absolute Gasteiger partial charge is 0.454 e. The molecule has 1 aromatic carbocycles. The second-order valence-electron chi connectivity index (χ2n) is 5.06. The van der Waals surface area contributed by atoms with Gasteiger partial charge in [-0.15, -0.1) is 11.3 Å². The van der Waals surface area contributed by atoms with Gasteiger partial charge in [-0.3, -0.25) is 0 Å². The summed E-state index contributed by atoms with van der Waals surface area (Å²) in [5.74, 6) is 2.47. The lowest BCUT2D eigenvalue weighted by Gasteiger charge is -2.15. The molecular weight excluding hydrogens is 286 g/mol. The van der Waals surface area contributed by atoms with E-state index in [1.165, 1.54) is 0 Å². The van der Waals surface area contributed by atoms with Crippen LogP contribution in [-0.2, 0) is 0 Å². The molecule has 0 radical (unpaired) electrons. The van der Waals surface area contributed by atoms with Crippen molar-refractivity contribution in [3.63, 3.8) is 0 Å². The molecule has 3 aromatic rings. The maximum atomic E-state index is 5.89. The predicted octanol–water partition coefficient (Wildman–Crippen LogP) is 3.01. The molecule has 5 nitrogen and oxygen atoms in total. The van der Waals surface area contributed by atoms with E-state index in [9.17, 15) is 0 Å². The summed E-state index contributed by atoms with van der Waals surface area (Å²) in [5.41, 5.74) is 7.82. The number of hydrogen-bond acceptors (Lipinski definition) is 5. The third-order valence-corrected chi connectivity index (χ3v) is 4.57. The van der Waals surface area contributed by atoms with Crippen LogP contribution in [0, 0.1) is 0 Å². The number of nitrogens with two attached hydrogens (primary N) is 1. The van der Waals surface area contributed by atoms with E-state index in [0.29, 0.717) is 6.54 Å². The van der Waals surface area contributed by atoms with Crippen LogP contribution in [0.5, 0.6) is 11.5 Å². The van der Waals surface area contributed by atoms with Crippen LogP contribution < -0.4 is 15.2 Å². The molecule has 4 rings (SSSR count). The normalized spacial score (nSPS) is 14.8. The average molecular weight is 301 g/mol. The summed E-state index contributed by atoms with van der Waals surface area (Å²) < 4.78 is 13.1. The van der Waals surface area contributed by atoms with Crippen LogP contribution in [-0.4, -0.2) is 22.9 Å². The molecule has 2 aromatic heterocycles. The van der Waals surface area contributed by atoms with Crippen molar-refractivity contribution < 1.29 is 9.47 Å². The van der Waals surface area contributed by atoms with Crippen molar-refractivity contribution in [1.29, 1.82) is 0 Å². The monoisotopic (exact) mass is 301 g/mol. The summed E-state index contributed by atoms with van der Waals surface area (Å²) in [7, 11) is 0. The van der Waals surface area contributed by atoms with Crippen molar-refractivity contribution in [3.05, 3.63) is 29.6 Å². The maximum absolute atomic E-state index is 5.89. The Morgan fingerprint density at radius 3 is 2.90 bits per heavy atom. The molecular formula is C15H15N3O2S. The molecule has 2 N–H and O–H groups in total. The lowest BCUT2D eigenvalue weighted by Crippen LogP contribution is -2.16. The van der Waals surface area contributed by atoms with Crippen molar-refractivity contribution in [2.45, 2.75) is 13.0 Å². The summed E-state index contributed by atoms with van der Waals surface area (Å²) in [6.45, 7) is 2.92. The van der Waals surface area contributed by atoms with Gasteiger partial charge in [0.25, 0.3) is 0 Å². The van der Waals surface area contributed by atoms with E-state index < -0.39 is 0 Å². The first-order chi connectivity index (χ1) is 10.3. The smallest absolute Gasteiger partial charge is 0.231 e. The highest BCUT2D eigenvalue weighted by atomic mass is 32.1. The molecule has 0 saturated carbocycles. The van der Waals surface area contributed by atoms with Gasteiger partial charge in [0.05, 0.1) is 15.9 Å². The molecule has 1 atom stereocenters. The van der Waals surface area contributed by atoms with E-state index in [2.05, 4.69) is 22.9 Å². The van der Waals surface area contributed by atoms with Crippen molar-refractivity contribution in [1.82, 2.24) is 9.55 Å². The van der Waals surface area contributed by atoms with Gasteiger partial charge in [0, 0.05) is 24.7 Å².